The number of hydrogen-bond donors (Lipinski definition) is 1. The standard InChI is InChI=1S/C10H10F2N4/c11-8-3-1-2-7(10(8)12)5-16-6-14-9(4-13)15-16/h1-3,6H,4-5,13H2. The van der Waals surface area contributed by atoms with E-state index in [1.807, 2.05) is 0 Å². The summed E-state index contributed by atoms with van der Waals surface area (Å²) in [4.78, 5) is 3.89. The normalized spacial score (nSPS) is 10.7. The first kappa shape index (κ1) is 10.7. The highest BCUT2D eigenvalue weighted by atomic mass is 19.2. The molecule has 0 bridgehead atoms. The summed E-state index contributed by atoms with van der Waals surface area (Å²) >= 11 is 0. The van der Waals surface area contributed by atoms with Crippen molar-refractivity contribution in [2.75, 3.05) is 0 Å². The van der Waals surface area contributed by atoms with E-state index in [1.165, 1.54) is 23.1 Å². The van der Waals surface area contributed by atoms with Crippen LogP contribution in [0.15, 0.2) is 24.5 Å². The smallest absolute Gasteiger partial charge is 0.164 e. The topological polar surface area (TPSA) is 56.7 Å². The van der Waals surface area contributed by atoms with Gasteiger partial charge in [0.15, 0.2) is 17.5 Å². The van der Waals surface area contributed by atoms with Crippen LogP contribution in [0.3, 0.4) is 0 Å². The van der Waals surface area contributed by atoms with Crippen molar-refractivity contribution in [1.29, 1.82) is 0 Å². The summed E-state index contributed by atoms with van der Waals surface area (Å²) < 4.78 is 27.6. The van der Waals surface area contributed by atoms with Gasteiger partial charge in [-0.2, -0.15) is 5.10 Å². The van der Waals surface area contributed by atoms with E-state index in [0.717, 1.165) is 6.07 Å². The zero-order valence-corrected chi connectivity index (χ0v) is 8.40. The van der Waals surface area contributed by atoms with Gasteiger partial charge in [-0.25, -0.2) is 18.4 Å². The Labute approximate surface area is 90.7 Å². The second-order valence-corrected chi connectivity index (χ2v) is 3.28. The molecule has 6 heteroatoms. The Balaban J connectivity index is 2.23. The number of rotatable bonds is 3. The summed E-state index contributed by atoms with van der Waals surface area (Å²) in [7, 11) is 0. The molecule has 0 unspecified atom stereocenters. The van der Waals surface area contributed by atoms with Crippen molar-refractivity contribution in [3.8, 4) is 0 Å². The van der Waals surface area contributed by atoms with Crippen molar-refractivity contribution in [1.82, 2.24) is 14.8 Å². The minimum Gasteiger partial charge on any atom is -0.324 e. The van der Waals surface area contributed by atoms with E-state index in [0.29, 0.717) is 5.82 Å². The van der Waals surface area contributed by atoms with E-state index < -0.39 is 11.6 Å². The molecule has 0 fully saturated rings. The second-order valence-electron chi connectivity index (χ2n) is 3.28. The molecular weight excluding hydrogens is 214 g/mol. The summed E-state index contributed by atoms with van der Waals surface area (Å²) in [5, 5.41) is 3.99. The molecule has 1 aromatic heterocycles. The van der Waals surface area contributed by atoms with E-state index >= 15 is 0 Å². The van der Waals surface area contributed by atoms with Crippen LogP contribution < -0.4 is 5.73 Å². The van der Waals surface area contributed by atoms with Crippen molar-refractivity contribution in [2.24, 2.45) is 5.73 Å². The molecule has 16 heavy (non-hydrogen) atoms. The van der Waals surface area contributed by atoms with Crippen LogP contribution in [0.1, 0.15) is 11.4 Å². The third kappa shape index (κ3) is 2.06. The van der Waals surface area contributed by atoms with Crippen molar-refractivity contribution in [3.63, 3.8) is 0 Å². The highest BCUT2D eigenvalue weighted by Gasteiger charge is 2.08. The fraction of sp³-hybridized carbons (Fsp3) is 0.200. The first-order valence-electron chi connectivity index (χ1n) is 4.72. The molecule has 0 atom stereocenters. The van der Waals surface area contributed by atoms with Crippen molar-refractivity contribution < 1.29 is 8.78 Å². The summed E-state index contributed by atoms with van der Waals surface area (Å²) in [5.41, 5.74) is 5.57. The van der Waals surface area contributed by atoms with Gasteiger partial charge in [-0.05, 0) is 6.07 Å². The molecule has 4 nitrogen and oxygen atoms in total. The average Bonchev–Trinajstić information content (AvgIpc) is 2.73. The summed E-state index contributed by atoms with van der Waals surface area (Å²) in [5.74, 6) is -1.25. The van der Waals surface area contributed by atoms with Gasteiger partial charge >= 0.3 is 0 Å². The monoisotopic (exact) mass is 224 g/mol. The minimum absolute atomic E-state index is 0.136. The van der Waals surface area contributed by atoms with Crippen LogP contribution in [-0.4, -0.2) is 14.8 Å². The maximum Gasteiger partial charge on any atom is 0.164 e. The lowest BCUT2D eigenvalue weighted by atomic mass is 10.2. The van der Waals surface area contributed by atoms with Gasteiger partial charge in [0.25, 0.3) is 0 Å². The quantitative estimate of drug-likeness (QED) is 0.848. The van der Waals surface area contributed by atoms with Crippen LogP contribution in [0.2, 0.25) is 0 Å². The molecule has 0 aliphatic rings. The second kappa shape index (κ2) is 4.36. The fourth-order valence-corrected chi connectivity index (χ4v) is 1.35. The number of hydrogen-bond acceptors (Lipinski definition) is 3. The molecular formula is C10H10F2N4. The Morgan fingerprint density at radius 1 is 1.31 bits per heavy atom. The van der Waals surface area contributed by atoms with E-state index in [4.69, 9.17) is 5.73 Å². The molecule has 2 aromatic rings. The summed E-state index contributed by atoms with van der Waals surface area (Å²) in [6, 6.07) is 4.03. The molecule has 0 amide bonds. The number of benzene rings is 1. The Kier molecular flexibility index (Phi) is 2.91. The molecule has 1 aromatic carbocycles. The van der Waals surface area contributed by atoms with Crippen molar-refractivity contribution >= 4 is 0 Å². The van der Waals surface area contributed by atoms with Crippen molar-refractivity contribution in [3.05, 3.63) is 47.5 Å². The Hall–Kier alpha value is -1.82. The lowest BCUT2D eigenvalue weighted by Gasteiger charge is -2.03. The van der Waals surface area contributed by atoms with Crippen LogP contribution in [0.25, 0.3) is 0 Å². The number of aromatic nitrogens is 3. The van der Waals surface area contributed by atoms with E-state index in [9.17, 15) is 8.78 Å². The minimum atomic E-state index is -0.864. The Morgan fingerprint density at radius 2 is 2.12 bits per heavy atom. The predicted molar refractivity (Wildman–Crippen MR) is 53.4 cm³/mol. The maximum atomic E-state index is 13.3. The van der Waals surface area contributed by atoms with Gasteiger partial charge in [0.1, 0.15) is 6.33 Å². The van der Waals surface area contributed by atoms with Crippen molar-refractivity contribution in [2.45, 2.75) is 13.1 Å². The molecule has 0 radical (unpaired) electrons. The molecule has 84 valence electrons. The van der Waals surface area contributed by atoms with Gasteiger partial charge in [0, 0.05) is 5.56 Å². The van der Waals surface area contributed by atoms with Gasteiger partial charge < -0.3 is 5.73 Å². The molecule has 0 saturated heterocycles. The largest absolute Gasteiger partial charge is 0.324 e. The van der Waals surface area contributed by atoms with Crippen LogP contribution in [0, 0.1) is 11.6 Å². The van der Waals surface area contributed by atoms with E-state index in [-0.39, 0.29) is 18.7 Å². The zero-order valence-electron chi connectivity index (χ0n) is 8.40. The van der Waals surface area contributed by atoms with Gasteiger partial charge in [0.2, 0.25) is 0 Å². The predicted octanol–water partition coefficient (Wildman–Crippen LogP) is 1.06. The van der Waals surface area contributed by atoms with Gasteiger partial charge in [-0.3, -0.25) is 0 Å². The van der Waals surface area contributed by atoms with Crippen LogP contribution in [0.5, 0.6) is 0 Å². The van der Waals surface area contributed by atoms with Crippen LogP contribution >= 0.6 is 0 Å². The average molecular weight is 224 g/mol. The highest BCUT2D eigenvalue weighted by molar-refractivity contribution is 5.18. The SMILES string of the molecule is NCc1ncn(Cc2cccc(F)c2F)n1. The third-order valence-corrected chi connectivity index (χ3v) is 2.13. The summed E-state index contributed by atoms with van der Waals surface area (Å²) in [6.45, 7) is 0.356. The zero-order chi connectivity index (χ0) is 11.5. The first-order chi connectivity index (χ1) is 7.70. The Morgan fingerprint density at radius 3 is 2.81 bits per heavy atom. The highest BCUT2D eigenvalue weighted by Crippen LogP contribution is 2.12. The molecule has 0 aliphatic carbocycles. The number of nitrogens with zero attached hydrogens (tertiary/aromatic N) is 3. The Bertz CT molecular complexity index is 495. The molecule has 0 spiro atoms. The maximum absolute atomic E-state index is 13.3. The fourth-order valence-electron chi connectivity index (χ4n) is 1.35. The molecule has 0 saturated carbocycles. The van der Waals surface area contributed by atoms with Gasteiger partial charge in [0.05, 0.1) is 13.1 Å². The van der Waals surface area contributed by atoms with Crippen LogP contribution in [0.4, 0.5) is 8.78 Å². The van der Waals surface area contributed by atoms with E-state index in [1.54, 1.807) is 0 Å². The number of halogens is 2. The molecule has 1 heterocycles. The van der Waals surface area contributed by atoms with Crippen LogP contribution in [-0.2, 0) is 13.1 Å². The molecule has 2 N–H and O–H groups in total. The van der Waals surface area contributed by atoms with Gasteiger partial charge in [-0.15, -0.1) is 0 Å². The molecule has 2 rings (SSSR count). The lowest BCUT2D eigenvalue weighted by molar-refractivity contribution is 0.491. The summed E-state index contributed by atoms with van der Waals surface area (Å²) in [6.07, 6.45) is 1.44. The first-order valence-corrected chi connectivity index (χ1v) is 4.72. The van der Waals surface area contributed by atoms with Gasteiger partial charge in [-0.1, -0.05) is 12.1 Å². The lowest BCUT2D eigenvalue weighted by Crippen LogP contribution is -2.05. The number of nitrogens with two attached hydrogens (primary N) is 1. The molecule has 0 aliphatic heterocycles. The van der Waals surface area contributed by atoms with E-state index in [2.05, 4.69) is 10.1 Å². The third-order valence-electron chi connectivity index (χ3n) is 2.13.